The molecule has 1 rings (SSSR count). The van der Waals surface area contributed by atoms with Crippen LogP contribution in [0.5, 0.6) is 0 Å². The highest BCUT2D eigenvalue weighted by molar-refractivity contribution is 5.69. The van der Waals surface area contributed by atoms with Gasteiger partial charge in [0.1, 0.15) is 19.8 Å². The molecule has 3 unspecified atom stereocenters. The third-order valence-corrected chi connectivity index (χ3v) is 8.13. The molecule has 0 aromatic carbocycles. The highest BCUT2D eigenvalue weighted by Gasteiger charge is 2.08. The number of hydrogen-bond acceptors (Lipinski definition) is 9. The maximum Gasteiger partial charge on any atom is 0.305 e. The van der Waals surface area contributed by atoms with Crippen molar-refractivity contribution < 1.29 is 28.6 Å². The number of ether oxygens (including phenoxy) is 3. The van der Waals surface area contributed by atoms with Crippen molar-refractivity contribution in [1.82, 2.24) is 16.0 Å². The van der Waals surface area contributed by atoms with Crippen molar-refractivity contribution in [2.75, 3.05) is 39.5 Å². The number of nitrogens with one attached hydrogen (secondary N) is 3. The standard InChI is InChI=1S/C34H65N3O6/c1-29-17-11-5-4-6-14-20-32(38)41-26-24-36-30(2)18-12-7-10-16-22-34(40)43-28-25-37-31(3)19-13-8-9-15-21-33(39)42-27-23-35-29/h29-31,35-37H,4-28H2,1-3H3. The first kappa shape index (κ1) is 39.3. The summed E-state index contributed by atoms with van der Waals surface area (Å²) >= 11 is 0. The minimum atomic E-state index is -0.109. The monoisotopic (exact) mass is 611 g/mol. The molecule has 9 nitrogen and oxygen atoms in total. The minimum Gasteiger partial charge on any atom is -0.464 e. The topological polar surface area (TPSA) is 115 Å². The highest BCUT2D eigenvalue weighted by atomic mass is 16.5. The predicted molar refractivity (Wildman–Crippen MR) is 173 cm³/mol. The van der Waals surface area contributed by atoms with E-state index in [1.165, 1.54) is 6.42 Å². The van der Waals surface area contributed by atoms with Crippen LogP contribution in [-0.4, -0.2) is 75.5 Å². The summed E-state index contributed by atoms with van der Waals surface area (Å²) < 4.78 is 16.1. The summed E-state index contributed by atoms with van der Waals surface area (Å²) in [5, 5.41) is 10.3. The molecule has 1 fully saturated rings. The van der Waals surface area contributed by atoms with E-state index in [1.54, 1.807) is 0 Å². The van der Waals surface area contributed by atoms with Crippen LogP contribution >= 0.6 is 0 Å². The number of carbonyl (C=O) groups is 3. The fourth-order valence-electron chi connectivity index (χ4n) is 5.33. The molecule has 9 heteroatoms. The van der Waals surface area contributed by atoms with Gasteiger partial charge in [-0.1, -0.05) is 64.2 Å². The molecule has 3 atom stereocenters. The summed E-state index contributed by atoms with van der Waals surface area (Å²) in [7, 11) is 0. The van der Waals surface area contributed by atoms with Crippen LogP contribution in [0.15, 0.2) is 0 Å². The van der Waals surface area contributed by atoms with E-state index in [2.05, 4.69) is 36.7 Å². The second kappa shape index (κ2) is 27.8. The Morgan fingerprint density at radius 3 is 0.977 bits per heavy atom. The quantitative estimate of drug-likeness (QED) is 0.225. The van der Waals surface area contributed by atoms with Gasteiger partial charge in [-0.05, 0) is 59.3 Å². The van der Waals surface area contributed by atoms with Crippen LogP contribution in [0.3, 0.4) is 0 Å². The third-order valence-electron chi connectivity index (χ3n) is 8.13. The van der Waals surface area contributed by atoms with Gasteiger partial charge in [0, 0.05) is 57.0 Å². The summed E-state index contributed by atoms with van der Waals surface area (Å²) in [5.41, 5.74) is 0. The zero-order valence-electron chi connectivity index (χ0n) is 27.9. The Morgan fingerprint density at radius 1 is 0.419 bits per heavy atom. The van der Waals surface area contributed by atoms with Crippen LogP contribution in [-0.2, 0) is 28.6 Å². The van der Waals surface area contributed by atoms with Crippen molar-refractivity contribution in [3.05, 3.63) is 0 Å². The van der Waals surface area contributed by atoms with Gasteiger partial charge in [-0.2, -0.15) is 0 Å². The Labute approximate surface area is 262 Å². The summed E-state index contributed by atoms with van der Waals surface area (Å²) in [4.78, 5) is 36.0. The van der Waals surface area contributed by atoms with Crippen molar-refractivity contribution in [2.45, 2.75) is 161 Å². The molecule has 1 aliphatic heterocycles. The van der Waals surface area contributed by atoms with Gasteiger partial charge in [0.05, 0.1) is 0 Å². The Bertz CT molecular complexity index is 708. The van der Waals surface area contributed by atoms with Crippen molar-refractivity contribution in [1.29, 1.82) is 0 Å². The fraction of sp³-hybridized carbons (Fsp3) is 0.912. The maximum atomic E-state index is 12.0. The van der Waals surface area contributed by atoms with Crippen molar-refractivity contribution in [3.8, 4) is 0 Å². The second-order valence-corrected chi connectivity index (χ2v) is 12.4. The van der Waals surface area contributed by atoms with Crippen LogP contribution in [0.2, 0.25) is 0 Å². The second-order valence-electron chi connectivity index (χ2n) is 12.4. The van der Waals surface area contributed by atoms with Gasteiger partial charge in [0.25, 0.3) is 0 Å². The Balaban J connectivity index is 2.29. The van der Waals surface area contributed by atoms with Crippen LogP contribution in [0, 0.1) is 0 Å². The Kier molecular flexibility index (Phi) is 25.4. The molecule has 3 N–H and O–H groups in total. The zero-order chi connectivity index (χ0) is 31.4. The molecule has 1 heterocycles. The Morgan fingerprint density at radius 2 is 0.674 bits per heavy atom. The van der Waals surface area contributed by atoms with E-state index in [4.69, 9.17) is 14.2 Å². The van der Waals surface area contributed by atoms with E-state index in [9.17, 15) is 14.4 Å². The minimum absolute atomic E-state index is 0.101. The zero-order valence-corrected chi connectivity index (χ0v) is 27.9. The van der Waals surface area contributed by atoms with Crippen molar-refractivity contribution >= 4 is 17.9 Å². The van der Waals surface area contributed by atoms with Crippen LogP contribution in [0.25, 0.3) is 0 Å². The molecule has 1 aliphatic rings. The van der Waals surface area contributed by atoms with Crippen LogP contribution in [0.4, 0.5) is 0 Å². The molecule has 0 spiro atoms. The molecule has 43 heavy (non-hydrogen) atoms. The molecule has 1 saturated heterocycles. The van der Waals surface area contributed by atoms with Crippen LogP contribution in [0.1, 0.15) is 143 Å². The van der Waals surface area contributed by atoms with Gasteiger partial charge in [-0.3, -0.25) is 14.4 Å². The lowest BCUT2D eigenvalue weighted by molar-refractivity contribution is -0.144. The molecular weight excluding hydrogens is 546 g/mol. The molecule has 0 amide bonds. The average Bonchev–Trinajstić information content (AvgIpc) is 2.98. The third kappa shape index (κ3) is 26.4. The molecule has 0 saturated carbocycles. The number of carbonyl (C=O) groups excluding carboxylic acids is 3. The lowest BCUT2D eigenvalue weighted by Crippen LogP contribution is -2.30. The van der Waals surface area contributed by atoms with E-state index in [0.29, 0.717) is 76.8 Å². The van der Waals surface area contributed by atoms with Gasteiger partial charge >= 0.3 is 17.9 Å². The molecular formula is C34H65N3O6. The number of rotatable bonds is 0. The van der Waals surface area contributed by atoms with E-state index in [0.717, 1.165) is 96.3 Å². The summed E-state index contributed by atoms with van der Waals surface area (Å²) in [6.45, 7) is 9.82. The lowest BCUT2D eigenvalue weighted by Gasteiger charge is -2.14. The largest absolute Gasteiger partial charge is 0.464 e. The van der Waals surface area contributed by atoms with Gasteiger partial charge in [-0.25, -0.2) is 0 Å². The highest BCUT2D eigenvalue weighted by Crippen LogP contribution is 2.11. The fourth-order valence-corrected chi connectivity index (χ4v) is 5.33. The first-order valence-corrected chi connectivity index (χ1v) is 17.5. The normalized spacial score (nSPS) is 27.1. The van der Waals surface area contributed by atoms with E-state index < -0.39 is 0 Å². The molecule has 0 aromatic heterocycles. The first-order valence-electron chi connectivity index (χ1n) is 17.5. The Hall–Kier alpha value is -1.71. The average molecular weight is 612 g/mol. The van der Waals surface area contributed by atoms with Crippen LogP contribution < -0.4 is 16.0 Å². The smallest absolute Gasteiger partial charge is 0.305 e. The van der Waals surface area contributed by atoms with E-state index in [-0.39, 0.29) is 17.9 Å². The summed E-state index contributed by atoms with van der Waals surface area (Å²) in [5.74, 6) is -0.314. The van der Waals surface area contributed by atoms with Gasteiger partial charge in [0.15, 0.2) is 0 Å². The molecule has 252 valence electrons. The van der Waals surface area contributed by atoms with E-state index in [1.807, 2.05) is 0 Å². The van der Waals surface area contributed by atoms with Gasteiger partial charge < -0.3 is 30.2 Å². The molecule has 0 aliphatic carbocycles. The van der Waals surface area contributed by atoms with Gasteiger partial charge in [-0.15, -0.1) is 0 Å². The SMILES string of the molecule is CC1CCCCCCCC(=O)OCCNC(C)CCCCCCC(=O)OCCNC(C)CCCCCCC(=O)OCCN1. The molecule has 0 aromatic rings. The summed E-state index contributed by atoms with van der Waals surface area (Å²) in [6.07, 6.45) is 18.4. The maximum absolute atomic E-state index is 12.0. The predicted octanol–water partition coefficient (Wildman–Crippen LogP) is 5.98. The number of hydrogen-bond donors (Lipinski definition) is 3. The van der Waals surface area contributed by atoms with E-state index >= 15 is 0 Å². The number of esters is 3. The van der Waals surface area contributed by atoms with Gasteiger partial charge in [0.2, 0.25) is 0 Å². The molecule has 0 radical (unpaired) electrons. The van der Waals surface area contributed by atoms with Crippen molar-refractivity contribution in [3.63, 3.8) is 0 Å². The van der Waals surface area contributed by atoms with Crippen molar-refractivity contribution in [2.24, 2.45) is 0 Å². The summed E-state index contributed by atoms with van der Waals surface area (Å²) in [6, 6.07) is 1.17. The first-order chi connectivity index (χ1) is 20.9. The number of cyclic esters (lactones) is 3. The molecule has 0 bridgehead atoms. The lowest BCUT2D eigenvalue weighted by atomic mass is 10.1.